The second-order valence-electron chi connectivity index (χ2n) is 5.96. The van der Waals surface area contributed by atoms with Crippen molar-refractivity contribution in [3.8, 4) is 0 Å². The number of carbonyl (C=O) groups is 1. The molecule has 0 heterocycles. The maximum atomic E-state index is 11.8. The van der Waals surface area contributed by atoms with Gasteiger partial charge < -0.3 is 5.11 Å². The van der Waals surface area contributed by atoms with E-state index in [1.807, 2.05) is 0 Å². The van der Waals surface area contributed by atoms with Crippen molar-refractivity contribution in [2.45, 2.75) is 97.8 Å². The number of hydrogen-bond donors (Lipinski definition) is 1. The summed E-state index contributed by atoms with van der Waals surface area (Å²) in [5, 5.41) is 9.68. The van der Waals surface area contributed by atoms with Crippen molar-refractivity contribution >= 4 is 5.97 Å². The van der Waals surface area contributed by atoms with Crippen LogP contribution in [0.15, 0.2) is 0 Å². The zero-order chi connectivity index (χ0) is 14.6. The highest BCUT2D eigenvalue weighted by Gasteiger charge is 2.36. The van der Waals surface area contributed by atoms with Crippen LogP contribution in [-0.4, -0.2) is 11.1 Å². The van der Waals surface area contributed by atoms with Crippen LogP contribution in [0.3, 0.4) is 0 Å². The summed E-state index contributed by atoms with van der Waals surface area (Å²) < 4.78 is 0. The highest BCUT2D eigenvalue weighted by Crippen LogP contribution is 2.37. The Labute approximate surface area is 120 Å². The van der Waals surface area contributed by atoms with Gasteiger partial charge in [0.25, 0.3) is 0 Å². The third kappa shape index (κ3) is 7.59. The fraction of sp³-hybridized carbons (Fsp3) is 0.941. The van der Waals surface area contributed by atoms with Crippen LogP contribution in [0.2, 0.25) is 0 Å². The van der Waals surface area contributed by atoms with Gasteiger partial charge >= 0.3 is 5.97 Å². The zero-order valence-corrected chi connectivity index (χ0v) is 13.3. The Balaban J connectivity index is 4.37. The van der Waals surface area contributed by atoms with Crippen molar-refractivity contribution in [1.82, 2.24) is 0 Å². The first-order valence-electron chi connectivity index (χ1n) is 8.36. The molecule has 2 heteroatoms. The molecule has 0 unspecified atom stereocenters. The number of unbranched alkanes of at least 4 members (excludes halogenated alkanes) is 6. The second-order valence-corrected chi connectivity index (χ2v) is 5.96. The highest BCUT2D eigenvalue weighted by atomic mass is 16.4. The van der Waals surface area contributed by atoms with E-state index in [1.54, 1.807) is 0 Å². The Morgan fingerprint density at radius 2 is 1.16 bits per heavy atom. The standard InChI is InChI=1S/C17H34O2/c1-4-7-10-11-12-15-17(16(18)19,13-8-5-2)14-9-6-3/h4-15H2,1-3H3,(H,18,19). The fourth-order valence-electron chi connectivity index (χ4n) is 2.79. The van der Waals surface area contributed by atoms with Gasteiger partial charge in [0.2, 0.25) is 0 Å². The quantitative estimate of drug-likeness (QED) is 0.429. The monoisotopic (exact) mass is 270 g/mol. The summed E-state index contributed by atoms with van der Waals surface area (Å²) in [6, 6.07) is 0. The Kier molecular flexibility index (Phi) is 11.0. The maximum Gasteiger partial charge on any atom is 0.309 e. The SMILES string of the molecule is CCCCCCCC(CCCC)(CCCC)C(=O)O. The molecule has 114 valence electrons. The number of carboxylic acids is 1. The van der Waals surface area contributed by atoms with Crippen molar-refractivity contribution in [3.63, 3.8) is 0 Å². The minimum Gasteiger partial charge on any atom is -0.481 e. The summed E-state index contributed by atoms with van der Waals surface area (Å²) in [4.78, 5) is 11.8. The van der Waals surface area contributed by atoms with Gasteiger partial charge in [-0.15, -0.1) is 0 Å². The predicted molar refractivity (Wildman–Crippen MR) is 82.5 cm³/mol. The molecule has 0 rings (SSSR count). The normalized spacial score (nSPS) is 11.7. The van der Waals surface area contributed by atoms with Gasteiger partial charge in [-0.25, -0.2) is 0 Å². The number of rotatable bonds is 13. The molecule has 1 N–H and O–H groups in total. The fourth-order valence-corrected chi connectivity index (χ4v) is 2.79. The largest absolute Gasteiger partial charge is 0.481 e. The van der Waals surface area contributed by atoms with Crippen LogP contribution in [0.4, 0.5) is 0 Å². The van der Waals surface area contributed by atoms with Gasteiger partial charge in [0.15, 0.2) is 0 Å². The van der Waals surface area contributed by atoms with E-state index < -0.39 is 11.4 Å². The van der Waals surface area contributed by atoms with E-state index in [0.717, 1.165) is 51.4 Å². The van der Waals surface area contributed by atoms with Gasteiger partial charge in [0.05, 0.1) is 5.41 Å². The molecule has 0 aliphatic heterocycles. The van der Waals surface area contributed by atoms with Crippen LogP contribution < -0.4 is 0 Å². The smallest absolute Gasteiger partial charge is 0.309 e. The molecule has 0 aliphatic rings. The average molecular weight is 270 g/mol. The van der Waals surface area contributed by atoms with Crippen LogP contribution in [0.5, 0.6) is 0 Å². The second kappa shape index (κ2) is 11.3. The van der Waals surface area contributed by atoms with Crippen LogP contribution in [0, 0.1) is 5.41 Å². The first kappa shape index (κ1) is 18.5. The van der Waals surface area contributed by atoms with Crippen LogP contribution in [0.25, 0.3) is 0 Å². The summed E-state index contributed by atoms with van der Waals surface area (Å²) >= 11 is 0. The van der Waals surface area contributed by atoms with Crippen molar-refractivity contribution in [2.75, 3.05) is 0 Å². The molecule has 0 aliphatic carbocycles. The van der Waals surface area contributed by atoms with E-state index in [9.17, 15) is 9.90 Å². The number of aliphatic carboxylic acids is 1. The van der Waals surface area contributed by atoms with E-state index in [-0.39, 0.29) is 0 Å². The van der Waals surface area contributed by atoms with E-state index in [4.69, 9.17) is 0 Å². The predicted octanol–water partition coefficient (Wildman–Crippen LogP) is 5.80. The molecule has 0 saturated heterocycles. The first-order valence-corrected chi connectivity index (χ1v) is 8.36. The number of hydrogen-bond acceptors (Lipinski definition) is 1. The summed E-state index contributed by atoms with van der Waals surface area (Å²) in [7, 11) is 0. The van der Waals surface area contributed by atoms with Crippen molar-refractivity contribution in [1.29, 1.82) is 0 Å². The van der Waals surface area contributed by atoms with Crippen LogP contribution in [0.1, 0.15) is 97.8 Å². The molecule has 0 radical (unpaired) electrons. The van der Waals surface area contributed by atoms with Crippen molar-refractivity contribution in [3.05, 3.63) is 0 Å². The average Bonchev–Trinajstić information content (AvgIpc) is 2.40. The molecular formula is C17H34O2. The summed E-state index contributed by atoms with van der Waals surface area (Å²) in [6.07, 6.45) is 13.0. The summed E-state index contributed by atoms with van der Waals surface area (Å²) in [6.45, 7) is 6.51. The molecule has 0 amide bonds. The Morgan fingerprint density at radius 3 is 1.58 bits per heavy atom. The van der Waals surface area contributed by atoms with E-state index in [2.05, 4.69) is 20.8 Å². The lowest BCUT2D eigenvalue weighted by Gasteiger charge is -2.29. The lowest BCUT2D eigenvalue weighted by atomic mass is 9.74. The van der Waals surface area contributed by atoms with Crippen LogP contribution >= 0.6 is 0 Å². The van der Waals surface area contributed by atoms with Crippen molar-refractivity contribution < 1.29 is 9.90 Å². The lowest BCUT2D eigenvalue weighted by Crippen LogP contribution is -2.31. The first-order chi connectivity index (χ1) is 9.13. The molecule has 0 fully saturated rings. The minimum atomic E-state index is -0.551. The van der Waals surface area contributed by atoms with Gasteiger partial charge in [-0.3, -0.25) is 4.79 Å². The summed E-state index contributed by atoms with van der Waals surface area (Å²) in [5.41, 5.74) is -0.432. The van der Waals surface area contributed by atoms with Gasteiger partial charge in [-0.2, -0.15) is 0 Å². The Hall–Kier alpha value is -0.530. The number of carboxylic acid groups (broad SMARTS) is 1. The molecule has 0 bridgehead atoms. The van der Waals surface area contributed by atoms with Crippen LogP contribution in [-0.2, 0) is 4.79 Å². The molecular weight excluding hydrogens is 236 g/mol. The van der Waals surface area contributed by atoms with E-state index in [1.165, 1.54) is 25.7 Å². The molecule has 0 spiro atoms. The zero-order valence-electron chi connectivity index (χ0n) is 13.3. The van der Waals surface area contributed by atoms with Gasteiger partial charge in [0.1, 0.15) is 0 Å². The molecule has 0 aromatic carbocycles. The Bertz CT molecular complexity index is 215. The van der Waals surface area contributed by atoms with E-state index in [0.29, 0.717) is 0 Å². The minimum absolute atomic E-state index is 0.432. The summed E-state index contributed by atoms with van der Waals surface area (Å²) in [5.74, 6) is -0.551. The molecule has 19 heavy (non-hydrogen) atoms. The molecule has 0 aromatic heterocycles. The molecule has 0 aromatic rings. The lowest BCUT2D eigenvalue weighted by molar-refractivity contribution is -0.150. The third-order valence-electron chi connectivity index (χ3n) is 4.23. The van der Waals surface area contributed by atoms with Crippen molar-refractivity contribution in [2.24, 2.45) is 5.41 Å². The third-order valence-corrected chi connectivity index (χ3v) is 4.23. The molecule has 2 nitrogen and oxygen atoms in total. The van der Waals surface area contributed by atoms with Gasteiger partial charge in [-0.05, 0) is 19.3 Å². The molecule has 0 atom stereocenters. The van der Waals surface area contributed by atoms with Gasteiger partial charge in [0, 0.05) is 0 Å². The highest BCUT2D eigenvalue weighted by molar-refractivity contribution is 5.74. The Morgan fingerprint density at radius 1 is 0.737 bits per heavy atom. The van der Waals surface area contributed by atoms with E-state index >= 15 is 0 Å². The topological polar surface area (TPSA) is 37.3 Å². The maximum absolute atomic E-state index is 11.8. The van der Waals surface area contributed by atoms with Gasteiger partial charge in [-0.1, -0.05) is 78.6 Å². The molecule has 0 saturated carbocycles.